The van der Waals surface area contributed by atoms with Gasteiger partial charge in [0.25, 0.3) is 0 Å². The second kappa shape index (κ2) is 6.89. The van der Waals surface area contributed by atoms with Crippen LogP contribution in [0, 0.1) is 11.7 Å². The number of piperazine rings is 1. The van der Waals surface area contributed by atoms with Crippen LogP contribution < -0.4 is 0 Å². The van der Waals surface area contributed by atoms with E-state index in [4.69, 9.17) is 0 Å². The smallest absolute Gasteiger partial charge is 0.225 e. The van der Waals surface area contributed by atoms with Gasteiger partial charge in [-0.3, -0.25) is 9.69 Å². The molecule has 1 aromatic carbocycles. The largest absolute Gasteiger partial charge is 0.340 e. The number of hydrogen-bond acceptors (Lipinski definition) is 3. The molecule has 1 aliphatic rings. The Morgan fingerprint density at radius 1 is 1.25 bits per heavy atom. The lowest BCUT2D eigenvalue weighted by Gasteiger charge is -2.35. The van der Waals surface area contributed by atoms with Crippen LogP contribution in [-0.4, -0.2) is 51.4 Å². The highest BCUT2D eigenvalue weighted by Gasteiger charge is 2.24. The molecule has 0 spiro atoms. The van der Waals surface area contributed by atoms with Crippen molar-refractivity contribution in [2.45, 2.75) is 33.9 Å². The summed E-state index contributed by atoms with van der Waals surface area (Å²) in [5.74, 6) is 0.985. The first-order chi connectivity index (χ1) is 11.5. The van der Waals surface area contributed by atoms with Crippen LogP contribution in [0.3, 0.4) is 0 Å². The number of carbonyl (C=O) groups is 1. The lowest BCUT2D eigenvalue weighted by atomic mass is 10.1. The lowest BCUT2D eigenvalue weighted by molar-refractivity contribution is -0.136. The molecular weight excluding hydrogens is 307 g/mol. The first-order valence-electron chi connectivity index (χ1n) is 8.65. The summed E-state index contributed by atoms with van der Waals surface area (Å²) in [5, 5.41) is 0. The Kier molecular flexibility index (Phi) is 4.85. The predicted molar refractivity (Wildman–Crippen MR) is 92.1 cm³/mol. The molecule has 0 bridgehead atoms. The number of nitrogens with zero attached hydrogens (tertiary/aromatic N) is 4. The van der Waals surface area contributed by atoms with Gasteiger partial charge in [-0.2, -0.15) is 0 Å². The molecule has 6 heteroatoms. The summed E-state index contributed by atoms with van der Waals surface area (Å²) >= 11 is 0. The molecule has 0 unspecified atom stereocenters. The fourth-order valence-electron chi connectivity index (χ4n) is 3.32. The van der Waals surface area contributed by atoms with Crippen molar-refractivity contribution in [3.05, 3.63) is 29.8 Å². The van der Waals surface area contributed by atoms with Gasteiger partial charge in [0.05, 0.1) is 17.6 Å². The predicted octanol–water partition coefficient (Wildman–Crippen LogP) is 2.50. The fraction of sp³-hybridized carbons (Fsp3) is 0.556. The molecule has 130 valence electrons. The molecule has 3 rings (SSSR count). The summed E-state index contributed by atoms with van der Waals surface area (Å²) in [4.78, 5) is 20.9. The number of fused-ring (bicyclic) bond motifs is 1. The number of imidazole rings is 1. The van der Waals surface area contributed by atoms with Gasteiger partial charge < -0.3 is 9.47 Å². The standard InChI is InChI=1S/C18H25FN4O/c1-4-23-16-6-5-14(19)11-15(16)20-17(23)12-21-7-9-22(10-8-21)18(24)13(2)3/h5-6,11,13H,4,7-10,12H2,1-3H3. The molecule has 1 aromatic heterocycles. The van der Waals surface area contributed by atoms with Crippen LogP contribution in [0.2, 0.25) is 0 Å². The highest BCUT2D eigenvalue weighted by molar-refractivity contribution is 5.78. The molecule has 0 atom stereocenters. The molecule has 1 aliphatic heterocycles. The molecule has 0 aliphatic carbocycles. The van der Waals surface area contributed by atoms with E-state index in [1.54, 1.807) is 6.07 Å². The minimum Gasteiger partial charge on any atom is -0.340 e. The number of aromatic nitrogens is 2. The van der Waals surface area contributed by atoms with Gasteiger partial charge >= 0.3 is 0 Å². The number of aryl methyl sites for hydroxylation is 1. The van der Waals surface area contributed by atoms with E-state index in [1.807, 2.05) is 18.7 Å². The molecule has 24 heavy (non-hydrogen) atoms. The van der Waals surface area contributed by atoms with Crippen LogP contribution in [0.5, 0.6) is 0 Å². The quantitative estimate of drug-likeness (QED) is 0.864. The molecule has 2 aromatic rings. The summed E-state index contributed by atoms with van der Waals surface area (Å²) in [6.07, 6.45) is 0. The van der Waals surface area contributed by atoms with Gasteiger partial charge in [0.1, 0.15) is 11.6 Å². The van der Waals surface area contributed by atoms with Crippen LogP contribution >= 0.6 is 0 Å². The summed E-state index contributed by atoms with van der Waals surface area (Å²) in [7, 11) is 0. The summed E-state index contributed by atoms with van der Waals surface area (Å²) in [5.41, 5.74) is 1.68. The molecule has 2 heterocycles. The minimum atomic E-state index is -0.254. The maximum Gasteiger partial charge on any atom is 0.225 e. The Morgan fingerprint density at radius 3 is 2.58 bits per heavy atom. The molecule has 5 nitrogen and oxygen atoms in total. The monoisotopic (exact) mass is 332 g/mol. The van der Waals surface area contributed by atoms with E-state index in [2.05, 4.69) is 21.4 Å². The van der Waals surface area contributed by atoms with Crippen molar-refractivity contribution in [1.82, 2.24) is 19.4 Å². The first kappa shape index (κ1) is 16.9. The number of carbonyl (C=O) groups excluding carboxylic acids is 1. The molecule has 1 amide bonds. The van der Waals surface area contributed by atoms with Crippen molar-refractivity contribution >= 4 is 16.9 Å². The van der Waals surface area contributed by atoms with Crippen molar-refractivity contribution in [1.29, 1.82) is 0 Å². The van der Waals surface area contributed by atoms with E-state index >= 15 is 0 Å². The third-order valence-corrected chi connectivity index (χ3v) is 4.65. The number of amides is 1. The van der Waals surface area contributed by atoms with Crippen molar-refractivity contribution in [2.75, 3.05) is 26.2 Å². The van der Waals surface area contributed by atoms with Gasteiger partial charge in [-0.05, 0) is 19.1 Å². The second-order valence-corrected chi connectivity index (χ2v) is 6.66. The Labute approximate surface area is 142 Å². The average Bonchev–Trinajstić information content (AvgIpc) is 2.90. The van der Waals surface area contributed by atoms with E-state index < -0.39 is 0 Å². The van der Waals surface area contributed by atoms with Gasteiger partial charge in [0.2, 0.25) is 5.91 Å². The zero-order chi connectivity index (χ0) is 17.3. The van der Waals surface area contributed by atoms with Gasteiger partial charge in [-0.15, -0.1) is 0 Å². The van der Waals surface area contributed by atoms with E-state index in [-0.39, 0.29) is 17.6 Å². The van der Waals surface area contributed by atoms with Crippen molar-refractivity contribution < 1.29 is 9.18 Å². The molecule has 1 fully saturated rings. The fourth-order valence-corrected chi connectivity index (χ4v) is 3.32. The third-order valence-electron chi connectivity index (χ3n) is 4.65. The maximum atomic E-state index is 13.4. The van der Waals surface area contributed by atoms with Crippen LogP contribution in [0.1, 0.15) is 26.6 Å². The minimum absolute atomic E-state index is 0.0516. The number of halogens is 1. The normalized spacial score (nSPS) is 16.3. The van der Waals surface area contributed by atoms with Crippen molar-refractivity contribution in [3.63, 3.8) is 0 Å². The van der Waals surface area contributed by atoms with Gasteiger partial charge in [0, 0.05) is 44.7 Å². The Balaban J connectivity index is 1.71. The topological polar surface area (TPSA) is 41.4 Å². The van der Waals surface area contributed by atoms with E-state index in [9.17, 15) is 9.18 Å². The zero-order valence-electron chi connectivity index (χ0n) is 14.6. The van der Waals surface area contributed by atoms with Crippen LogP contribution in [-0.2, 0) is 17.9 Å². The van der Waals surface area contributed by atoms with Gasteiger partial charge in [-0.25, -0.2) is 9.37 Å². The zero-order valence-corrected chi connectivity index (χ0v) is 14.6. The molecule has 0 saturated carbocycles. The van der Waals surface area contributed by atoms with E-state index in [0.29, 0.717) is 5.52 Å². The Bertz CT molecular complexity index is 732. The van der Waals surface area contributed by atoms with Crippen molar-refractivity contribution in [3.8, 4) is 0 Å². The number of rotatable bonds is 4. The van der Waals surface area contributed by atoms with Crippen LogP contribution in [0.15, 0.2) is 18.2 Å². The SMILES string of the molecule is CCn1c(CN2CCN(C(=O)C(C)C)CC2)nc2cc(F)ccc21. The van der Waals surface area contributed by atoms with E-state index in [1.165, 1.54) is 12.1 Å². The summed E-state index contributed by atoms with van der Waals surface area (Å²) in [6, 6.07) is 4.77. The summed E-state index contributed by atoms with van der Waals surface area (Å²) < 4.78 is 15.6. The van der Waals surface area contributed by atoms with Crippen LogP contribution in [0.4, 0.5) is 4.39 Å². The maximum absolute atomic E-state index is 13.4. The molecule has 0 radical (unpaired) electrons. The molecule has 1 saturated heterocycles. The highest BCUT2D eigenvalue weighted by Crippen LogP contribution is 2.19. The number of benzene rings is 1. The van der Waals surface area contributed by atoms with Gasteiger partial charge in [-0.1, -0.05) is 13.8 Å². The molecular formula is C18H25FN4O. The van der Waals surface area contributed by atoms with Gasteiger partial charge in [0.15, 0.2) is 0 Å². The van der Waals surface area contributed by atoms with Crippen molar-refractivity contribution in [2.24, 2.45) is 5.92 Å². The first-order valence-corrected chi connectivity index (χ1v) is 8.65. The average molecular weight is 332 g/mol. The third kappa shape index (κ3) is 3.29. The van der Waals surface area contributed by atoms with E-state index in [0.717, 1.165) is 50.6 Å². The Hall–Kier alpha value is -1.95. The molecule has 0 N–H and O–H groups in total. The Morgan fingerprint density at radius 2 is 1.96 bits per heavy atom. The second-order valence-electron chi connectivity index (χ2n) is 6.66. The number of hydrogen-bond donors (Lipinski definition) is 0. The lowest BCUT2D eigenvalue weighted by Crippen LogP contribution is -2.49. The summed E-state index contributed by atoms with van der Waals surface area (Å²) in [6.45, 7) is 10.7. The van der Waals surface area contributed by atoms with Crippen LogP contribution in [0.25, 0.3) is 11.0 Å². The highest BCUT2D eigenvalue weighted by atomic mass is 19.1.